The standard InChI is InChI=1S/C31H22Cl6O9/c1-29(2,3)27(41)44-23-14(33)8-11-21(19(23)36)43-22-12(9-15(34)24(20(22)37)45-28(42)30(4,5)6)31(11)17-16(26(40)46-31)13(32)7-10(18(17)35)25(38)39/h7-9H,1-6H3,(H,38,39). The van der Waals surface area contributed by atoms with Gasteiger partial charge in [-0.25, -0.2) is 9.59 Å². The van der Waals surface area contributed by atoms with Gasteiger partial charge in [-0.05, 0) is 59.7 Å². The molecule has 2 heterocycles. The molecule has 46 heavy (non-hydrogen) atoms. The summed E-state index contributed by atoms with van der Waals surface area (Å²) in [6.45, 7) is 9.68. The molecular formula is C31H22Cl6O9. The highest BCUT2D eigenvalue weighted by atomic mass is 35.5. The molecule has 15 heteroatoms. The predicted molar refractivity (Wildman–Crippen MR) is 172 cm³/mol. The van der Waals surface area contributed by atoms with Crippen molar-refractivity contribution in [2.24, 2.45) is 10.8 Å². The normalized spacial score (nSPS) is 14.6. The van der Waals surface area contributed by atoms with Crippen LogP contribution in [-0.2, 0) is 19.9 Å². The molecule has 0 fully saturated rings. The molecule has 9 nitrogen and oxygen atoms in total. The Kier molecular flexibility index (Phi) is 8.50. The third-order valence-corrected chi connectivity index (χ3v) is 9.03. The Hall–Kier alpha value is -2.92. The molecule has 0 aliphatic carbocycles. The number of aromatic carboxylic acids is 1. The number of carboxylic acid groups (broad SMARTS) is 1. The number of carboxylic acids is 1. The molecule has 0 saturated carbocycles. The summed E-state index contributed by atoms with van der Waals surface area (Å²) in [6.07, 6.45) is 0. The van der Waals surface area contributed by atoms with Gasteiger partial charge in [-0.2, -0.15) is 0 Å². The molecule has 3 aromatic carbocycles. The first-order valence-electron chi connectivity index (χ1n) is 13.3. The van der Waals surface area contributed by atoms with E-state index >= 15 is 0 Å². The Morgan fingerprint density at radius 1 is 0.717 bits per heavy atom. The number of esters is 3. The highest BCUT2D eigenvalue weighted by Gasteiger charge is 2.58. The fourth-order valence-electron chi connectivity index (χ4n) is 4.75. The van der Waals surface area contributed by atoms with Crippen molar-refractivity contribution in [3.8, 4) is 23.0 Å². The van der Waals surface area contributed by atoms with Crippen LogP contribution >= 0.6 is 69.6 Å². The van der Waals surface area contributed by atoms with Gasteiger partial charge in [0.15, 0.2) is 28.6 Å². The van der Waals surface area contributed by atoms with E-state index in [9.17, 15) is 24.3 Å². The molecular weight excluding hydrogens is 729 g/mol. The molecule has 0 unspecified atom stereocenters. The summed E-state index contributed by atoms with van der Waals surface area (Å²) in [7, 11) is 0. The Bertz CT molecular complexity index is 1830. The van der Waals surface area contributed by atoms with Gasteiger partial charge < -0.3 is 24.1 Å². The lowest BCUT2D eigenvalue weighted by Crippen LogP contribution is -2.34. The maximum absolute atomic E-state index is 13.6. The van der Waals surface area contributed by atoms with Gasteiger partial charge in [0.05, 0.1) is 53.2 Å². The zero-order valence-corrected chi connectivity index (χ0v) is 29.2. The molecule has 0 amide bonds. The number of carbonyl (C=O) groups excluding carboxylic acids is 3. The number of hydrogen-bond acceptors (Lipinski definition) is 8. The van der Waals surface area contributed by atoms with Crippen LogP contribution in [-0.4, -0.2) is 29.0 Å². The first-order valence-corrected chi connectivity index (χ1v) is 15.6. The molecule has 0 radical (unpaired) electrons. The number of rotatable bonds is 3. The first kappa shape index (κ1) is 34.4. The van der Waals surface area contributed by atoms with Crippen molar-refractivity contribution in [1.29, 1.82) is 0 Å². The molecule has 242 valence electrons. The third-order valence-electron chi connectivity index (χ3n) is 7.09. The largest absolute Gasteiger partial charge is 0.478 e. The van der Waals surface area contributed by atoms with Crippen LogP contribution in [0.5, 0.6) is 23.0 Å². The zero-order valence-electron chi connectivity index (χ0n) is 24.7. The Balaban J connectivity index is 1.92. The van der Waals surface area contributed by atoms with E-state index in [1.165, 1.54) is 12.1 Å². The SMILES string of the molecule is CC(C)(C)C(=O)Oc1c(Cl)cc2c(c1Cl)Oc1c(cc(Cl)c(OC(=O)C(C)(C)C)c1Cl)C21OC(=O)c2c(Cl)cc(C(=O)O)c(Cl)c21. The summed E-state index contributed by atoms with van der Waals surface area (Å²) in [5.74, 6) is -4.96. The maximum atomic E-state index is 13.6. The van der Waals surface area contributed by atoms with Gasteiger partial charge in [0.2, 0.25) is 0 Å². The van der Waals surface area contributed by atoms with Gasteiger partial charge in [0.25, 0.3) is 0 Å². The summed E-state index contributed by atoms with van der Waals surface area (Å²) in [6, 6.07) is 3.52. The van der Waals surface area contributed by atoms with E-state index in [2.05, 4.69) is 0 Å². The van der Waals surface area contributed by atoms with Gasteiger partial charge in [-0.3, -0.25) is 9.59 Å². The van der Waals surface area contributed by atoms with Crippen molar-refractivity contribution < 1.29 is 43.2 Å². The van der Waals surface area contributed by atoms with Gasteiger partial charge in [-0.15, -0.1) is 0 Å². The molecule has 2 aliphatic heterocycles. The maximum Gasteiger partial charge on any atom is 0.341 e. The average molecular weight is 751 g/mol. The molecule has 3 aromatic rings. The second-order valence-corrected chi connectivity index (χ2v) is 14.8. The van der Waals surface area contributed by atoms with Crippen LogP contribution in [0.25, 0.3) is 0 Å². The molecule has 1 N–H and O–H groups in total. The molecule has 0 saturated heterocycles. The van der Waals surface area contributed by atoms with E-state index < -0.39 is 50.9 Å². The zero-order chi connectivity index (χ0) is 34.4. The number of benzene rings is 3. The topological polar surface area (TPSA) is 125 Å². The fraction of sp³-hybridized carbons (Fsp3) is 0.290. The van der Waals surface area contributed by atoms with Crippen molar-refractivity contribution in [2.75, 3.05) is 0 Å². The minimum Gasteiger partial charge on any atom is -0.478 e. The minimum atomic E-state index is -2.18. The predicted octanol–water partition coefficient (Wildman–Crippen LogP) is 9.78. The lowest BCUT2D eigenvalue weighted by Gasteiger charge is -2.38. The highest BCUT2D eigenvalue weighted by Crippen LogP contribution is 2.64. The Morgan fingerprint density at radius 2 is 1.15 bits per heavy atom. The monoisotopic (exact) mass is 748 g/mol. The van der Waals surface area contributed by atoms with Crippen molar-refractivity contribution >= 4 is 93.5 Å². The minimum absolute atomic E-state index is 0.0651. The molecule has 0 aromatic heterocycles. The van der Waals surface area contributed by atoms with Crippen LogP contribution in [0.3, 0.4) is 0 Å². The lowest BCUT2D eigenvalue weighted by molar-refractivity contribution is -0.143. The summed E-state index contributed by atoms with van der Waals surface area (Å²) < 4.78 is 23.4. The summed E-state index contributed by atoms with van der Waals surface area (Å²) in [5, 5.41) is 8.14. The fourth-order valence-corrected chi connectivity index (χ4v) is 6.53. The Morgan fingerprint density at radius 3 is 1.54 bits per heavy atom. The summed E-state index contributed by atoms with van der Waals surface area (Å²) in [4.78, 5) is 51.5. The second-order valence-electron chi connectivity index (χ2n) is 12.5. The van der Waals surface area contributed by atoms with Crippen molar-refractivity contribution in [2.45, 2.75) is 47.1 Å². The van der Waals surface area contributed by atoms with Gasteiger partial charge in [-0.1, -0.05) is 69.6 Å². The van der Waals surface area contributed by atoms with Crippen LogP contribution in [0.1, 0.15) is 78.9 Å². The van der Waals surface area contributed by atoms with Gasteiger partial charge in [0, 0.05) is 5.56 Å². The van der Waals surface area contributed by atoms with Crippen LogP contribution in [0.2, 0.25) is 30.1 Å². The van der Waals surface area contributed by atoms with Crippen molar-refractivity contribution in [3.05, 3.63) is 76.2 Å². The number of carbonyl (C=O) groups is 4. The molecule has 0 atom stereocenters. The van der Waals surface area contributed by atoms with Crippen LogP contribution in [0.15, 0.2) is 18.2 Å². The van der Waals surface area contributed by atoms with Gasteiger partial charge >= 0.3 is 23.9 Å². The molecule has 0 bridgehead atoms. The smallest absolute Gasteiger partial charge is 0.341 e. The van der Waals surface area contributed by atoms with Gasteiger partial charge in [0.1, 0.15) is 10.0 Å². The number of hydrogen-bond donors (Lipinski definition) is 1. The molecule has 2 aliphatic rings. The van der Waals surface area contributed by atoms with Crippen LogP contribution in [0.4, 0.5) is 0 Å². The highest BCUT2D eigenvalue weighted by molar-refractivity contribution is 6.41. The van der Waals surface area contributed by atoms with E-state index in [0.717, 1.165) is 6.07 Å². The average Bonchev–Trinajstić information content (AvgIpc) is 3.25. The van der Waals surface area contributed by atoms with Crippen molar-refractivity contribution in [3.63, 3.8) is 0 Å². The van der Waals surface area contributed by atoms with Crippen LogP contribution in [0, 0.1) is 10.8 Å². The van der Waals surface area contributed by atoms with E-state index in [1.807, 2.05) is 0 Å². The third kappa shape index (κ3) is 5.25. The number of halogens is 6. The number of ether oxygens (including phenoxy) is 4. The first-order chi connectivity index (χ1) is 21.1. The quantitative estimate of drug-likeness (QED) is 0.206. The van der Waals surface area contributed by atoms with E-state index in [4.69, 9.17) is 88.6 Å². The molecule has 1 spiro atoms. The van der Waals surface area contributed by atoms with Crippen LogP contribution < -0.4 is 14.2 Å². The Labute approximate surface area is 292 Å². The number of fused-ring (bicyclic) bond motifs is 6. The van der Waals surface area contributed by atoms with E-state index in [0.29, 0.717) is 0 Å². The summed E-state index contributed by atoms with van der Waals surface area (Å²) in [5.41, 5.74) is -5.18. The van der Waals surface area contributed by atoms with E-state index in [-0.39, 0.29) is 70.4 Å². The molecule has 5 rings (SSSR count). The second kappa shape index (κ2) is 11.4. The van der Waals surface area contributed by atoms with Crippen molar-refractivity contribution in [1.82, 2.24) is 0 Å². The van der Waals surface area contributed by atoms with E-state index in [1.54, 1.807) is 41.5 Å². The summed E-state index contributed by atoms with van der Waals surface area (Å²) >= 11 is 40.0. The lowest BCUT2D eigenvalue weighted by atomic mass is 9.77.